The van der Waals surface area contributed by atoms with Crippen LogP contribution in [0.5, 0.6) is 0 Å². The minimum atomic E-state index is 0.218. The van der Waals surface area contributed by atoms with Crippen molar-refractivity contribution in [2.75, 3.05) is 9.80 Å². The Balaban J connectivity index is 1.20. The van der Waals surface area contributed by atoms with Crippen LogP contribution in [0.3, 0.4) is 0 Å². The van der Waals surface area contributed by atoms with Gasteiger partial charge in [0, 0.05) is 45.6 Å². The van der Waals surface area contributed by atoms with Crippen LogP contribution < -0.4 is 15.5 Å². The van der Waals surface area contributed by atoms with E-state index in [2.05, 4.69) is 185 Å². The number of hydrogen-bond acceptors (Lipinski definition) is 5. The molecule has 7 aromatic rings. The molecule has 0 fully saturated rings. The van der Waals surface area contributed by atoms with Crippen molar-refractivity contribution in [2.45, 2.75) is 12.5 Å². The quantitative estimate of drug-likeness (QED) is 0.0816. The van der Waals surface area contributed by atoms with Crippen molar-refractivity contribution in [3.63, 3.8) is 0 Å². The first-order valence-corrected chi connectivity index (χ1v) is 18.6. The first kappa shape index (κ1) is 35.2. The van der Waals surface area contributed by atoms with Crippen molar-refractivity contribution in [1.82, 2.24) is 9.78 Å². The predicted molar refractivity (Wildman–Crippen MR) is 232 cm³/mol. The molecule has 1 heterocycles. The van der Waals surface area contributed by atoms with Gasteiger partial charge in [0.25, 0.3) is 0 Å². The summed E-state index contributed by atoms with van der Waals surface area (Å²) in [6.45, 7) is 3.49. The van der Waals surface area contributed by atoms with Crippen molar-refractivity contribution >= 4 is 63.5 Å². The first-order chi connectivity index (χ1) is 27.1. The van der Waals surface area contributed by atoms with Crippen molar-refractivity contribution in [1.29, 1.82) is 0 Å². The molecule has 1 unspecified atom stereocenters. The second kappa shape index (κ2) is 16.0. The average molecular weight is 735 g/mol. The molecule has 268 valence electrons. The molecule has 0 radical (unpaired) electrons. The van der Waals surface area contributed by atoms with Crippen LogP contribution in [0.25, 0.3) is 39.0 Å². The Hall–Kier alpha value is -6.89. The minimum Gasteiger partial charge on any atom is -0.384 e. The summed E-state index contributed by atoms with van der Waals surface area (Å²) in [7, 11) is 0. The molecule has 0 saturated carbocycles. The maximum atomic E-state index is 6.56. The molecule has 1 atom stereocenters. The smallest absolute Gasteiger partial charge is 0.128 e. The van der Waals surface area contributed by atoms with Gasteiger partial charge in [-0.2, -0.15) is 5.10 Å². The topological polar surface area (TPSA) is 62.7 Å². The Bertz CT molecular complexity index is 2500. The number of fused-ring (bicyclic) bond motifs is 1. The van der Waals surface area contributed by atoms with Crippen LogP contribution in [0.4, 0.5) is 28.4 Å². The third kappa shape index (κ3) is 7.49. The molecule has 6 nitrogen and oxygen atoms in total. The number of benzene rings is 6. The van der Waals surface area contributed by atoms with Crippen LogP contribution in [0.1, 0.15) is 6.42 Å². The lowest BCUT2D eigenvalue weighted by Gasteiger charge is -2.32. The molecule has 0 aliphatic heterocycles. The summed E-state index contributed by atoms with van der Waals surface area (Å²) < 4.78 is 1.69. The van der Waals surface area contributed by atoms with Gasteiger partial charge in [0.1, 0.15) is 16.5 Å². The molecule has 8 rings (SSSR count). The fourth-order valence-electron chi connectivity index (χ4n) is 7.08. The normalized spacial score (nSPS) is 14.2. The number of aliphatic imine (C=N–C) groups is 1. The van der Waals surface area contributed by atoms with E-state index in [4.69, 9.17) is 22.4 Å². The van der Waals surface area contributed by atoms with E-state index in [0.717, 1.165) is 68.0 Å². The van der Waals surface area contributed by atoms with E-state index < -0.39 is 0 Å². The fraction of sp³-hybridized carbons (Fsp3) is 0.0417. The molecular formula is C48H39ClN6. The summed E-state index contributed by atoms with van der Waals surface area (Å²) in [5, 5.41) is 6.26. The Labute approximate surface area is 326 Å². The lowest BCUT2D eigenvalue weighted by Crippen LogP contribution is -2.29. The van der Waals surface area contributed by atoms with Gasteiger partial charge in [-0.3, -0.25) is 4.99 Å². The van der Waals surface area contributed by atoms with Crippen molar-refractivity contribution in [2.24, 2.45) is 10.7 Å². The highest BCUT2D eigenvalue weighted by Crippen LogP contribution is 2.40. The molecule has 1 aliphatic rings. The number of nitrogens with zero attached hydrogens (tertiary/aromatic N) is 5. The number of nitrogens with two attached hydrogens (primary N) is 1. The number of allylic oxidation sites excluding steroid dienone is 4. The molecule has 0 amide bonds. The number of para-hydroxylation sites is 3. The largest absolute Gasteiger partial charge is 0.384 e. The highest BCUT2D eigenvalue weighted by Gasteiger charge is 2.20. The standard InChI is InChI=1S/C48H39ClN6/c1-51-46(49)32-33-47(50)53-34-45-43(35-22-26-41(27-23-35)54(37-14-6-2-7-15-37)38-16-8-3-9-17-38)30-31-44(48(45)52-53)36-24-28-42(29-25-36)55(39-18-10-4-11-19-39)40-20-12-5-13-21-40/h2-16,18-34,38H,1,17,50H2/b46-32-,47-33+. The van der Waals surface area contributed by atoms with Gasteiger partial charge in [0.05, 0.1) is 6.04 Å². The summed E-state index contributed by atoms with van der Waals surface area (Å²) in [5.74, 6) is 0.398. The lowest BCUT2D eigenvalue weighted by molar-refractivity contribution is 0.785. The van der Waals surface area contributed by atoms with Gasteiger partial charge in [0.2, 0.25) is 0 Å². The maximum absolute atomic E-state index is 6.56. The van der Waals surface area contributed by atoms with Gasteiger partial charge in [-0.1, -0.05) is 127 Å². The third-order valence-electron chi connectivity index (χ3n) is 9.73. The average Bonchev–Trinajstić information content (AvgIpc) is 3.71. The zero-order valence-electron chi connectivity index (χ0n) is 30.2. The Morgan fingerprint density at radius 3 is 1.78 bits per heavy atom. The number of hydrogen-bond donors (Lipinski definition) is 1. The lowest BCUT2D eigenvalue weighted by atomic mass is 9.95. The fourth-order valence-corrected chi connectivity index (χ4v) is 7.14. The number of halogens is 1. The summed E-state index contributed by atoms with van der Waals surface area (Å²) in [6, 6.07) is 53.3. The van der Waals surface area contributed by atoms with E-state index in [-0.39, 0.29) is 11.2 Å². The zero-order valence-corrected chi connectivity index (χ0v) is 30.9. The minimum absolute atomic E-state index is 0.218. The molecular weight excluding hydrogens is 696 g/mol. The third-order valence-corrected chi connectivity index (χ3v) is 9.97. The summed E-state index contributed by atoms with van der Waals surface area (Å²) in [5.41, 5.74) is 17.0. The van der Waals surface area contributed by atoms with E-state index in [1.165, 1.54) is 0 Å². The van der Waals surface area contributed by atoms with Gasteiger partial charge in [-0.25, -0.2) is 4.68 Å². The monoisotopic (exact) mass is 734 g/mol. The van der Waals surface area contributed by atoms with Crippen molar-refractivity contribution in [3.05, 3.63) is 199 Å². The zero-order chi connectivity index (χ0) is 37.6. The molecule has 2 N–H and O–H groups in total. The van der Waals surface area contributed by atoms with Crippen LogP contribution in [-0.4, -0.2) is 22.5 Å². The molecule has 0 spiro atoms. The molecule has 6 aromatic carbocycles. The molecule has 0 saturated heterocycles. The SMILES string of the molecule is C=N/C(Cl)=C\C=C(/N)n1cc2c(-c3ccc(N(c4ccccc4)C4C=CC=CC4)cc3)ccc(-c3ccc(N(c4ccccc4)c4ccccc4)cc3)c2n1. The van der Waals surface area contributed by atoms with E-state index in [1.54, 1.807) is 16.8 Å². The van der Waals surface area contributed by atoms with Crippen LogP contribution in [0, 0.1) is 0 Å². The van der Waals surface area contributed by atoms with Crippen LogP contribution >= 0.6 is 11.6 Å². The molecule has 7 heteroatoms. The number of aromatic nitrogens is 2. The first-order valence-electron chi connectivity index (χ1n) is 18.2. The van der Waals surface area contributed by atoms with E-state index in [1.807, 2.05) is 18.3 Å². The van der Waals surface area contributed by atoms with Crippen LogP contribution in [0.2, 0.25) is 0 Å². The van der Waals surface area contributed by atoms with Gasteiger partial charge in [0.15, 0.2) is 0 Å². The van der Waals surface area contributed by atoms with E-state index in [9.17, 15) is 0 Å². The van der Waals surface area contributed by atoms with Crippen LogP contribution in [0.15, 0.2) is 204 Å². The Morgan fingerprint density at radius 2 is 1.20 bits per heavy atom. The van der Waals surface area contributed by atoms with Gasteiger partial charge in [-0.05, 0) is 103 Å². The highest BCUT2D eigenvalue weighted by molar-refractivity contribution is 6.29. The van der Waals surface area contributed by atoms with Gasteiger partial charge < -0.3 is 15.5 Å². The second-order valence-corrected chi connectivity index (χ2v) is 13.5. The van der Waals surface area contributed by atoms with E-state index >= 15 is 0 Å². The number of rotatable bonds is 11. The maximum Gasteiger partial charge on any atom is 0.128 e. The van der Waals surface area contributed by atoms with Gasteiger partial charge in [-0.15, -0.1) is 0 Å². The molecule has 55 heavy (non-hydrogen) atoms. The summed E-state index contributed by atoms with van der Waals surface area (Å²) in [6.07, 6.45) is 14.9. The summed E-state index contributed by atoms with van der Waals surface area (Å²) in [4.78, 5) is 8.41. The van der Waals surface area contributed by atoms with Crippen molar-refractivity contribution < 1.29 is 0 Å². The van der Waals surface area contributed by atoms with Crippen molar-refractivity contribution in [3.8, 4) is 22.3 Å². The summed E-state index contributed by atoms with van der Waals surface area (Å²) >= 11 is 6.11. The second-order valence-electron chi connectivity index (χ2n) is 13.2. The molecule has 0 bridgehead atoms. The highest BCUT2D eigenvalue weighted by atomic mass is 35.5. The van der Waals surface area contributed by atoms with Crippen LogP contribution in [-0.2, 0) is 0 Å². The Morgan fingerprint density at radius 1 is 0.673 bits per heavy atom. The van der Waals surface area contributed by atoms with E-state index in [0.29, 0.717) is 5.82 Å². The van der Waals surface area contributed by atoms with Gasteiger partial charge >= 0.3 is 0 Å². The Kier molecular flexibility index (Phi) is 10.2. The number of anilines is 5. The molecule has 1 aromatic heterocycles. The molecule has 1 aliphatic carbocycles. The predicted octanol–water partition coefficient (Wildman–Crippen LogP) is 12.4.